The van der Waals surface area contributed by atoms with Gasteiger partial charge in [-0.05, 0) is 62.3 Å². The molecule has 8 heteroatoms. The van der Waals surface area contributed by atoms with E-state index in [4.69, 9.17) is 0 Å². The molecule has 0 atom stereocenters. The third-order valence-corrected chi connectivity index (χ3v) is 7.22. The summed E-state index contributed by atoms with van der Waals surface area (Å²) in [6.07, 6.45) is 3.96. The van der Waals surface area contributed by atoms with Crippen molar-refractivity contribution in [1.82, 2.24) is 14.9 Å². The van der Waals surface area contributed by atoms with E-state index < -0.39 is 10.0 Å². The molecule has 2 aliphatic rings. The van der Waals surface area contributed by atoms with Gasteiger partial charge in [-0.1, -0.05) is 6.07 Å². The first-order valence-corrected chi connectivity index (χ1v) is 11.0. The van der Waals surface area contributed by atoms with E-state index in [2.05, 4.69) is 10.6 Å². The first-order valence-electron chi connectivity index (χ1n) is 9.58. The summed E-state index contributed by atoms with van der Waals surface area (Å²) in [7, 11) is -3.53. The van der Waals surface area contributed by atoms with Crippen molar-refractivity contribution in [1.29, 1.82) is 0 Å². The van der Waals surface area contributed by atoms with Gasteiger partial charge in [-0.15, -0.1) is 0 Å². The van der Waals surface area contributed by atoms with Gasteiger partial charge in [0.15, 0.2) is 0 Å². The number of piperidine rings is 1. The highest BCUT2D eigenvalue weighted by Crippen LogP contribution is 2.28. The number of sulfonamides is 1. The quantitative estimate of drug-likeness (QED) is 0.748. The van der Waals surface area contributed by atoms with E-state index in [1.807, 2.05) is 19.1 Å². The van der Waals surface area contributed by atoms with Crippen molar-refractivity contribution >= 4 is 21.8 Å². The lowest BCUT2D eigenvalue weighted by Gasteiger charge is -2.30. The van der Waals surface area contributed by atoms with Gasteiger partial charge in [0.1, 0.15) is 0 Å². The predicted molar refractivity (Wildman–Crippen MR) is 102 cm³/mol. The van der Waals surface area contributed by atoms with Crippen molar-refractivity contribution in [2.75, 3.05) is 26.2 Å². The van der Waals surface area contributed by atoms with E-state index in [9.17, 15) is 18.0 Å². The molecule has 1 aliphatic heterocycles. The van der Waals surface area contributed by atoms with Gasteiger partial charge in [0.25, 0.3) is 0 Å². The second kappa shape index (κ2) is 8.39. The average molecular weight is 394 g/mol. The summed E-state index contributed by atoms with van der Waals surface area (Å²) in [5.74, 6) is -0.663. The van der Waals surface area contributed by atoms with Crippen LogP contribution in [0, 0.1) is 5.92 Å². The van der Waals surface area contributed by atoms with Gasteiger partial charge in [0.05, 0.1) is 11.4 Å². The molecule has 2 amide bonds. The van der Waals surface area contributed by atoms with E-state index in [1.54, 1.807) is 6.07 Å². The molecule has 0 bridgehead atoms. The van der Waals surface area contributed by atoms with Crippen LogP contribution in [0.25, 0.3) is 0 Å². The highest BCUT2D eigenvalue weighted by Gasteiger charge is 2.32. The van der Waals surface area contributed by atoms with Crippen LogP contribution in [0.4, 0.5) is 0 Å². The lowest BCUT2D eigenvalue weighted by molar-refractivity contribution is -0.129. The maximum Gasteiger partial charge on any atom is 0.243 e. The van der Waals surface area contributed by atoms with Crippen LogP contribution in [0.3, 0.4) is 0 Å². The number of carbonyl (C=O) groups is 2. The second-order valence-corrected chi connectivity index (χ2v) is 9.07. The topological polar surface area (TPSA) is 95.6 Å². The molecule has 27 heavy (non-hydrogen) atoms. The minimum atomic E-state index is -3.53. The van der Waals surface area contributed by atoms with Gasteiger partial charge < -0.3 is 10.6 Å². The summed E-state index contributed by atoms with van der Waals surface area (Å²) in [6, 6.07) is 5.43. The largest absolute Gasteiger partial charge is 0.355 e. The average Bonchev–Trinajstić information content (AvgIpc) is 3.14. The van der Waals surface area contributed by atoms with Crippen molar-refractivity contribution in [3.05, 3.63) is 29.3 Å². The smallest absolute Gasteiger partial charge is 0.243 e. The summed E-state index contributed by atoms with van der Waals surface area (Å²) in [6.45, 7) is 2.93. The van der Waals surface area contributed by atoms with Gasteiger partial charge >= 0.3 is 0 Å². The van der Waals surface area contributed by atoms with Gasteiger partial charge in [-0.2, -0.15) is 4.31 Å². The molecular formula is C19H27N3O4S. The fraction of sp³-hybridized carbons (Fsp3) is 0.579. The molecule has 7 nitrogen and oxygen atoms in total. The number of carbonyl (C=O) groups excluding carboxylic acids is 2. The predicted octanol–water partition coefficient (Wildman–Crippen LogP) is 0.828. The first kappa shape index (κ1) is 19.8. The number of likely N-dealkylation sites (N-methyl/N-ethyl adjacent to an activating group) is 1. The molecule has 1 aromatic carbocycles. The monoisotopic (exact) mass is 393 g/mol. The van der Waals surface area contributed by atoms with Gasteiger partial charge in [-0.25, -0.2) is 8.42 Å². The molecule has 0 spiro atoms. The molecule has 0 unspecified atom stereocenters. The zero-order valence-corrected chi connectivity index (χ0v) is 16.5. The van der Waals surface area contributed by atoms with Crippen molar-refractivity contribution in [2.45, 2.75) is 43.9 Å². The fourth-order valence-electron chi connectivity index (χ4n) is 3.79. The Morgan fingerprint density at radius 3 is 2.52 bits per heavy atom. The van der Waals surface area contributed by atoms with Crippen LogP contribution in [-0.2, 0) is 32.5 Å². The Morgan fingerprint density at radius 1 is 1.11 bits per heavy atom. The summed E-state index contributed by atoms with van der Waals surface area (Å²) in [4.78, 5) is 24.0. The highest BCUT2D eigenvalue weighted by molar-refractivity contribution is 7.89. The van der Waals surface area contributed by atoms with E-state index in [1.165, 1.54) is 9.87 Å². The molecule has 0 radical (unpaired) electrons. The maximum atomic E-state index is 12.9. The van der Waals surface area contributed by atoms with Crippen LogP contribution in [-0.4, -0.2) is 50.7 Å². The minimum Gasteiger partial charge on any atom is -0.355 e. The Labute approximate surface area is 160 Å². The highest BCUT2D eigenvalue weighted by atomic mass is 32.2. The van der Waals surface area contributed by atoms with Crippen molar-refractivity contribution < 1.29 is 18.0 Å². The minimum absolute atomic E-state index is 0.0414. The first-order chi connectivity index (χ1) is 12.9. The molecule has 1 aromatic rings. The number of fused-ring (bicyclic) bond motifs is 1. The SMILES string of the molecule is CCNC(=O)CNC(=O)C1CCN(S(=O)(=O)c2ccc3c(c2)CCC3)CC1. The van der Waals surface area contributed by atoms with Crippen LogP contribution in [0.5, 0.6) is 0 Å². The standard InChI is InChI=1S/C19H27N3O4S/c1-2-20-18(23)13-21-19(24)15-8-10-22(11-9-15)27(25,26)17-7-6-14-4-3-5-16(14)12-17/h6-7,12,15H,2-5,8-11,13H2,1H3,(H,20,23)(H,21,24). The molecule has 1 heterocycles. The van der Waals surface area contributed by atoms with E-state index >= 15 is 0 Å². The lowest BCUT2D eigenvalue weighted by Crippen LogP contribution is -2.45. The van der Waals surface area contributed by atoms with Crippen LogP contribution in [0.1, 0.15) is 37.3 Å². The molecule has 0 aromatic heterocycles. The maximum absolute atomic E-state index is 12.9. The van der Waals surface area contributed by atoms with Crippen molar-refractivity contribution in [3.63, 3.8) is 0 Å². The Morgan fingerprint density at radius 2 is 1.81 bits per heavy atom. The summed E-state index contributed by atoms with van der Waals surface area (Å²) < 4.78 is 27.3. The van der Waals surface area contributed by atoms with E-state index in [0.29, 0.717) is 37.4 Å². The zero-order chi connectivity index (χ0) is 19.4. The summed E-state index contributed by atoms with van der Waals surface area (Å²) >= 11 is 0. The number of nitrogens with one attached hydrogen (secondary N) is 2. The lowest BCUT2D eigenvalue weighted by atomic mass is 9.97. The number of hydrogen-bond donors (Lipinski definition) is 2. The Balaban J connectivity index is 1.56. The summed E-state index contributed by atoms with van der Waals surface area (Å²) in [5.41, 5.74) is 2.38. The van der Waals surface area contributed by atoms with E-state index in [0.717, 1.165) is 24.8 Å². The Bertz CT molecular complexity index is 814. The number of rotatable bonds is 6. The normalized spacial score (nSPS) is 18.1. The molecule has 3 rings (SSSR count). The van der Waals surface area contributed by atoms with Crippen molar-refractivity contribution in [2.24, 2.45) is 5.92 Å². The van der Waals surface area contributed by atoms with Crippen LogP contribution in [0.15, 0.2) is 23.1 Å². The number of hydrogen-bond acceptors (Lipinski definition) is 4. The number of benzene rings is 1. The van der Waals surface area contributed by atoms with E-state index in [-0.39, 0.29) is 24.3 Å². The Kier molecular flexibility index (Phi) is 6.16. The summed E-state index contributed by atoms with van der Waals surface area (Å²) in [5, 5.41) is 5.26. The zero-order valence-electron chi connectivity index (χ0n) is 15.7. The fourth-order valence-corrected chi connectivity index (χ4v) is 5.31. The Hall–Kier alpha value is -1.93. The molecule has 1 fully saturated rings. The van der Waals surface area contributed by atoms with Crippen LogP contribution < -0.4 is 10.6 Å². The molecule has 148 valence electrons. The molecule has 1 saturated heterocycles. The second-order valence-electron chi connectivity index (χ2n) is 7.13. The van der Waals surface area contributed by atoms with Crippen LogP contribution in [0.2, 0.25) is 0 Å². The number of aryl methyl sites for hydroxylation is 2. The third kappa shape index (κ3) is 4.50. The molecular weight excluding hydrogens is 366 g/mol. The van der Waals surface area contributed by atoms with Gasteiger partial charge in [0.2, 0.25) is 21.8 Å². The van der Waals surface area contributed by atoms with Crippen LogP contribution >= 0.6 is 0 Å². The number of nitrogens with zero attached hydrogens (tertiary/aromatic N) is 1. The number of amides is 2. The van der Waals surface area contributed by atoms with Gasteiger partial charge in [0, 0.05) is 25.6 Å². The molecule has 2 N–H and O–H groups in total. The van der Waals surface area contributed by atoms with Crippen molar-refractivity contribution in [3.8, 4) is 0 Å². The third-order valence-electron chi connectivity index (χ3n) is 5.33. The molecule has 0 saturated carbocycles. The van der Waals surface area contributed by atoms with Gasteiger partial charge in [-0.3, -0.25) is 9.59 Å². The molecule has 1 aliphatic carbocycles.